The predicted molar refractivity (Wildman–Crippen MR) is 122 cm³/mol. The molecule has 2 aromatic rings. The molecule has 3 rings (SSSR count). The molecular formula is C24H24N2O11. The van der Waals surface area contributed by atoms with E-state index in [4.69, 9.17) is 23.7 Å². The number of nitrogens with zero attached hydrogens (tertiary/aromatic N) is 1. The van der Waals surface area contributed by atoms with Gasteiger partial charge in [-0.25, -0.2) is 4.79 Å². The zero-order valence-corrected chi connectivity index (χ0v) is 20.3. The first kappa shape index (κ1) is 27.2. The first-order valence-corrected chi connectivity index (χ1v) is 11.0. The summed E-state index contributed by atoms with van der Waals surface area (Å²) in [6.07, 6.45) is -5.02. The number of carbonyl (C=O) groups excluding carboxylic acids is 4. The van der Waals surface area contributed by atoms with E-state index in [0.29, 0.717) is 10.9 Å². The van der Waals surface area contributed by atoms with E-state index in [1.54, 1.807) is 0 Å². The molecule has 1 aromatic carbocycles. The van der Waals surface area contributed by atoms with Crippen molar-refractivity contribution in [1.29, 1.82) is 0 Å². The number of ether oxygens (including phenoxy) is 5. The number of carboxylic acids is 1. The number of hydrogen-bond donors (Lipinski definition) is 2. The first-order valence-electron chi connectivity index (χ1n) is 11.0. The van der Waals surface area contributed by atoms with Crippen LogP contribution in [0.1, 0.15) is 43.6 Å². The molecule has 37 heavy (non-hydrogen) atoms. The maximum atomic E-state index is 11.9. The molecule has 5 atom stereocenters. The standard InChI is InChI=1S/C24H24N2O11/c1-11(27)33-10-19-22(35-13(3)29)23(36-14(4)30)21(34-12(2)28)18(37-19)6-5-15-7-16(24(31)32)8-17-9-25-26-20(15)17/h7-9,18-19,21-23H,10H2,1-4H3,(H,25,26)(H,31,32)/t18-,19-,21-,22-,23-/m1/s1. The Morgan fingerprint density at radius 2 is 1.57 bits per heavy atom. The summed E-state index contributed by atoms with van der Waals surface area (Å²) in [7, 11) is 0. The van der Waals surface area contributed by atoms with Crippen LogP contribution in [0.15, 0.2) is 18.3 Å². The van der Waals surface area contributed by atoms with E-state index < -0.39 is 67.0 Å². The number of aromatic nitrogens is 2. The summed E-state index contributed by atoms with van der Waals surface area (Å²) in [6.45, 7) is 4.11. The molecule has 0 unspecified atom stereocenters. The van der Waals surface area contributed by atoms with Gasteiger partial charge in [0, 0.05) is 33.1 Å². The van der Waals surface area contributed by atoms with Crippen molar-refractivity contribution in [2.45, 2.75) is 58.2 Å². The monoisotopic (exact) mass is 516 g/mol. The Hall–Kier alpha value is -4.44. The Bertz CT molecular complexity index is 1290. The molecular weight excluding hydrogens is 492 g/mol. The fourth-order valence-corrected chi connectivity index (χ4v) is 3.77. The fourth-order valence-electron chi connectivity index (χ4n) is 3.77. The van der Waals surface area contributed by atoms with Gasteiger partial charge in [0.2, 0.25) is 0 Å². The van der Waals surface area contributed by atoms with Crippen LogP contribution in [0.25, 0.3) is 10.9 Å². The number of esters is 4. The smallest absolute Gasteiger partial charge is 0.335 e. The maximum Gasteiger partial charge on any atom is 0.335 e. The summed E-state index contributed by atoms with van der Waals surface area (Å²) < 4.78 is 27.0. The van der Waals surface area contributed by atoms with Gasteiger partial charge in [0.1, 0.15) is 12.7 Å². The summed E-state index contributed by atoms with van der Waals surface area (Å²) in [5.41, 5.74) is 0.656. The van der Waals surface area contributed by atoms with E-state index in [2.05, 4.69) is 22.0 Å². The van der Waals surface area contributed by atoms with Crippen LogP contribution in [0.2, 0.25) is 0 Å². The number of nitrogens with one attached hydrogen (secondary N) is 1. The second-order valence-electron chi connectivity index (χ2n) is 8.05. The molecule has 1 aromatic heterocycles. The zero-order chi connectivity index (χ0) is 27.3. The third-order valence-corrected chi connectivity index (χ3v) is 5.14. The second kappa shape index (κ2) is 11.5. The molecule has 0 amide bonds. The quantitative estimate of drug-likeness (QED) is 0.313. The van der Waals surface area contributed by atoms with Gasteiger partial charge in [-0.1, -0.05) is 11.8 Å². The van der Waals surface area contributed by atoms with Crippen LogP contribution in [0.3, 0.4) is 0 Å². The summed E-state index contributed by atoms with van der Waals surface area (Å²) in [4.78, 5) is 58.6. The van der Waals surface area contributed by atoms with E-state index in [9.17, 15) is 29.1 Å². The van der Waals surface area contributed by atoms with Crippen molar-refractivity contribution in [3.63, 3.8) is 0 Å². The van der Waals surface area contributed by atoms with Gasteiger partial charge < -0.3 is 28.8 Å². The van der Waals surface area contributed by atoms with Crippen molar-refractivity contribution in [3.8, 4) is 11.8 Å². The average Bonchev–Trinajstić information content (AvgIpc) is 3.27. The molecule has 13 heteroatoms. The van der Waals surface area contributed by atoms with Crippen molar-refractivity contribution < 1.29 is 52.8 Å². The summed E-state index contributed by atoms with van der Waals surface area (Å²) in [5.74, 6) is 1.46. The highest BCUT2D eigenvalue weighted by Crippen LogP contribution is 2.29. The molecule has 196 valence electrons. The van der Waals surface area contributed by atoms with Gasteiger partial charge in [0.05, 0.1) is 22.8 Å². The SMILES string of the molecule is CC(=O)OC[C@H]1O[C@H](C#Cc2cc(C(=O)O)cc3cn[nH]c23)[C@@H](OC(C)=O)[C@@H](OC(C)=O)[C@@H]1OC(C)=O. The van der Waals surface area contributed by atoms with Gasteiger partial charge in [-0.3, -0.25) is 24.3 Å². The normalized spacial score (nSPS) is 22.8. The maximum absolute atomic E-state index is 11.9. The lowest BCUT2D eigenvalue weighted by atomic mass is 9.94. The highest BCUT2D eigenvalue weighted by Gasteiger charge is 2.51. The average molecular weight is 516 g/mol. The first-order chi connectivity index (χ1) is 17.5. The van der Waals surface area contributed by atoms with Crippen LogP contribution in [0.4, 0.5) is 0 Å². The number of benzene rings is 1. The highest BCUT2D eigenvalue weighted by atomic mass is 16.7. The lowest BCUT2D eigenvalue weighted by Gasteiger charge is -2.42. The topological polar surface area (TPSA) is 180 Å². The largest absolute Gasteiger partial charge is 0.478 e. The summed E-state index contributed by atoms with van der Waals surface area (Å²) in [6, 6.07) is 2.74. The van der Waals surface area contributed by atoms with Crippen LogP contribution < -0.4 is 0 Å². The van der Waals surface area contributed by atoms with E-state index in [1.807, 2.05) is 0 Å². The van der Waals surface area contributed by atoms with E-state index in [0.717, 1.165) is 27.7 Å². The number of hydrogen-bond acceptors (Lipinski definition) is 11. The van der Waals surface area contributed by atoms with Crippen LogP contribution in [0, 0.1) is 11.8 Å². The molecule has 0 radical (unpaired) electrons. The Balaban J connectivity index is 2.10. The lowest BCUT2D eigenvalue weighted by Crippen LogP contribution is -2.62. The molecule has 0 aliphatic carbocycles. The third kappa shape index (κ3) is 6.83. The Morgan fingerprint density at radius 1 is 0.946 bits per heavy atom. The van der Waals surface area contributed by atoms with Crippen molar-refractivity contribution in [1.82, 2.24) is 10.2 Å². The highest BCUT2D eigenvalue weighted by molar-refractivity contribution is 5.95. The molecule has 1 aliphatic rings. The van der Waals surface area contributed by atoms with Crippen molar-refractivity contribution in [2.24, 2.45) is 0 Å². The number of fused-ring (bicyclic) bond motifs is 1. The molecule has 0 spiro atoms. The number of carboxylic acid groups (broad SMARTS) is 1. The summed E-state index contributed by atoms with van der Waals surface area (Å²) >= 11 is 0. The molecule has 13 nitrogen and oxygen atoms in total. The van der Waals surface area contributed by atoms with Crippen molar-refractivity contribution >= 4 is 40.7 Å². The zero-order valence-electron chi connectivity index (χ0n) is 20.3. The van der Waals surface area contributed by atoms with E-state index >= 15 is 0 Å². The molecule has 1 fully saturated rings. The van der Waals surface area contributed by atoms with Crippen LogP contribution in [-0.4, -0.2) is 82.3 Å². The second-order valence-corrected chi connectivity index (χ2v) is 8.05. The van der Waals surface area contributed by atoms with E-state index in [1.165, 1.54) is 18.3 Å². The number of rotatable bonds is 6. The molecule has 0 saturated carbocycles. The van der Waals surface area contributed by atoms with Gasteiger partial charge in [0.25, 0.3) is 0 Å². The van der Waals surface area contributed by atoms with Gasteiger partial charge in [-0.2, -0.15) is 5.10 Å². The van der Waals surface area contributed by atoms with Crippen LogP contribution in [-0.2, 0) is 42.9 Å². The third-order valence-electron chi connectivity index (χ3n) is 5.14. The Morgan fingerprint density at radius 3 is 2.16 bits per heavy atom. The van der Waals surface area contributed by atoms with Gasteiger partial charge in [-0.15, -0.1) is 0 Å². The molecule has 1 aliphatic heterocycles. The van der Waals surface area contributed by atoms with Crippen LogP contribution in [0.5, 0.6) is 0 Å². The molecule has 2 N–H and O–H groups in total. The van der Waals surface area contributed by atoms with Gasteiger partial charge in [0.15, 0.2) is 24.4 Å². The number of aromatic amines is 1. The summed E-state index contributed by atoms with van der Waals surface area (Å²) in [5, 5.41) is 16.6. The van der Waals surface area contributed by atoms with Crippen molar-refractivity contribution in [2.75, 3.05) is 6.61 Å². The van der Waals surface area contributed by atoms with Gasteiger partial charge >= 0.3 is 29.8 Å². The fraction of sp³-hybridized carbons (Fsp3) is 0.417. The number of H-pyrrole nitrogens is 1. The molecule has 1 saturated heterocycles. The number of aromatic carboxylic acids is 1. The van der Waals surface area contributed by atoms with Crippen LogP contribution >= 0.6 is 0 Å². The Labute approximate surface area is 210 Å². The van der Waals surface area contributed by atoms with Crippen molar-refractivity contribution in [3.05, 3.63) is 29.5 Å². The van der Waals surface area contributed by atoms with Gasteiger partial charge in [-0.05, 0) is 12.1 Å². The lowest BCUT2D eigenvalue weighted by molar-refractivity contribution is -0.242. The predicted octanol–water partition coefficient (Wildman–Crippen LogP) is 0.738. The minimum atomic E-state index is -1.36. The molecule has 0 bridgehead atoms. The Kier molecular flexibility index (Phi) is 8.46. The minimum Gasteiger partial charge on any atom is -0.478 e. The number of carbonyl (C=O) groups is 5. The molecule has 2 heterocycles. The minimum absolute atomic E-state index is 0.0419. The van der Waals surface area contributed by atoms with E-state index in [-0.39, 0.29) is 11.1 Å².